The molecular formula is C18H20O2. The molecule has 0 bridgehead atoms. The van der Waals surface area contributed by atoms with Crippen LogP contribution in [0.15, 0.2) is 60.2 Å². The van der Waals surface area contributed by atoms with Gasteiger partial charge in [-0.05, 0) is 55.2 Å². The number of carbonyl (C=O) groups is 1. The summed E-state index contributed by atoms with van der Waals surface area (Å²) >= 11 is 0. The molecule has 0 unspecified atom stereocenters. The minimum Gasteiger partial charge on any atom is -0.478 e. The van der Waals surface area contributed by atoms with E-state index >= 15 is 0 Å². The van der Waals surface area contributed by atoms with Crippen LogP contribution in [0, 0.1) is 6.92 Å². The van der Waals surface area contributed by atoms with E-state index in [4.69, 9.17) is 5.11 Å². The molecule has 1 aromatic rings. The Labute approximate surface area is 120 Å². The van der Waals surface area contributed by atoms with Crippen molar-refractivity contribution in [3.63, 3.8) is 0 Å². The van der Waals surface area contributed by atoms with Crippen LogP contribution in [0.2, 0.25) is 0 Å². The fourth-order valence-electron chi connectivity index (χ4n) is 1.87. The van der Waals surface area contributed by atoms with E-state index in [1.165, 1.54) is 0 Å². The van der Waals surface area contributed by atoms with Crippen molar-refractivity contribution >= 4 is 12.0 Å². The Bertz CT molecular complexity index is 602. The van der Waals surface area contributed by atoms with E-state index in [1.807, 2.05) is 51.1 Å². The summed E-state index contributed by atoms with van der Waals surface area (Å²) in [6.45, 7) is 9.61. The highest BCUT2D eigenvalue weighted by atomic mass is 16.4. The maximum atomic E-state index is 11.0. The lowest BCUT2D eigenvalue weighted by Crippen LogP contribution is -1.97. The van der Waals surface area contributed by atoms with Crippen LogP contribution in [-0.4, -0.2) is 11.1 Å². The van der Waals surface area contributed by atoms with Crippen LogP contribution in [0.25, 0.3) is 6.08 Å². The Kier molecular flexibility index (Phi) is 5.73. The summed E-state index contributed by atoms with van der Waals surface area (Å²) in [7, 11) is 0. The van der Waals surface area contributed by atoms with Crippen molar-refractivity contribution < 1.29 is 9.90 Å². The van der Waals surface area contributed by atoms with Crippen molar-refractivity contribution in [1.82, 2.24) is 0 Å². The lowest BCUT2D eigenvalue weighted by Gasteiger charge is -2.06. The normalized spacial score (nSPS) is 12.8. The molecule has 0 saturated carbocycles. The zero-order valence-corrected chi connectivity index (χ0v) is 12.2. The van der Waals surface area contributed by atoms with Crippen LogP contribution in [0.4, 0.5) is 0 Å². The molecule has 0 aliphatic carbocycles. The van der Waals surface area contributed by atoms with Gasteiger partial charge < -0.3 is 5.11 Å². The van der Waals surface area contributed by atoms with E-state index in [1.54, 1.807) is 18.2 Å². The van der Waals surface area contributed by atoms with Crippen LogP contribution in [0.1, 0.15) is 35.3 Å². The number of rotatable bonds is 5. The maximum Gasteiger partial charge on any atom is 0.335 e. The fraction of sp³-hybridized carbons (Fsp3) is 0.167. The lowest BCUT2D eigenvalue weighted by molar-refractivity contribution is 0.0697. The van der Waals surface area contributed by atoms with Gasteiger partial charge in [0.05, 0.1) is 5.56 Å². The van der Waals surface area contributed by atoms with Crippen molar-refractivity contribution in [3.8, 4) is 0 Å². The van der Waals surface area contributed by atoms with Gasteiger partial charge in [-0.25, -0.2) is 4.79 Å². The smallest absolute Gasteiger partial charge is 0.335 e. The molecule has 0 fully saturated rings. The molecule has 1 rings (SSSR count). The lowest BCUT2D eigenvalue weighted by atomic mass is 9.99. The van der Waals surface area contributed by atoms with Gasteiger partial charge in [-0.3, -0.25) is 0 Å². The highest BCUT2D eigenvalue weighted by molar-refractivity contribution is 5.88. The molecule has 0 aromatic heterocycles. The van der Waals surface area contributed by atoms with Crippen LogP contribution < -0.4 is 0 Å². The van der Waals surface area contributed by atoms with E-state index in [9.17, 15) is 4.79 Å². The average molecular weight is 268 g/mol. The second-order valence-electron chi connectivity index (χ2n) is 4.54. The van der Waals surface area contributed by atoms with Gasteiger partial charge in [-0.1, -0.05) is 43.0 Å². The van der Waals surface area contributed by atoms with Crippen molar-refractivity contribution in [2.75, 3.05) is 0 Å². The van der Waals surface area contributed by atoms with Gasteiger partial charge in [-0.2, -0.15) is 0 Å². The summed E-state index contributed by atoms with van der Waals surface area (Å²) in [5, 5.41) is 9.05. The van der Waals surface area contributed by atoms with Crippen LogP contribution in [-0.2, 0) is 0 Å². The van der Waals surface area contributed by atoms with Gasteiger partial charge >= 0.3 is 5.97 Å². The Morgan fingerprint density at radius 1 is 1.35 bits per heavy atom. The largest absolute Gasteiger partial charge is 0.478 e. The summed E-state index contributed by atoms with van der Waals surface area (Å²) in [6, 6.07) is 5.15. The molecule has 0 spiro atoms. The summed E-state index contributed by atoms with van der Waals surface area (Å²) in [5.74, 6) is -0.907. The van der Waals surface area contributed by atoms with E-state index in [0.717, 1.165) is 22.3 Å². The number of carboxylic acid groups (broad SMARTS) is 1. The van der Waals surface area contributed by atoms with E-state index in [-0.39, 0.29) is 0 Å². The van der Waals surface area contributed by atoms with Gasteiger partial charge in [0, 0.05) is 0 Å². The molecule has 0 heterocycles. The standard InChI is InChI=1S/C18H20O2/c1-5-7-8-15(6-2)14(4)11-17-12-16(18(19)20)10-9-13(17)3/h5-12H,1H2,2-4H3,(H,19,20)/b8-7-,14-11+,15-6+. The maximum absolute atomic E-state index is 11.0. The first-order valence-electron chi connectivity index (χ1n) is 6.47. The number of aromatic carboxylic acids is 1. The number of allylic oxidation sites excluding steroid dienone is 6. The van der Waals surface area contributed by atoms with Crippen LogP contribution in [0.5, 0.6) is 0 Å². The third kappa shape index (κ3) is 4.09. The predicted octanol–water partition coefficient (Wildman–Crippen LogP) is 4.79. The quantitative estimate of drug-likeness (QED) is 0.780. The minimum atomic E-state index is -0.907. The topological polar surface area (TPSA) is 37.3 Å². The zero-order valence-electron chi connectivity index (χ0n) is 12.2. The third-order valence-corrected chi connectivity index (χ3v) is 3.08. The Morgan fingerprint density at radius 2 is 2.05 bits per heavy atom. The predicted molar refractivity (Wildman–Crippen MR) is 84.9 cm³/mol. The SMILES string of the molecule is C=C\C=C/C(=C\C)C(/C)=C/c1cc(C(=O)O)ccc1C. The van der Waals surface area contributed by atoms with Crippen LogP contribution >= 0.6 is 0 Å². The van der Waals surface area contributed by atoms with E-state index in [0.29, 0.717) is 5.56 Å². The number of aryl methyl sites for hydroxylation is 1. The summed E-state index contributed by atoms with van der Waals surface area (Å²) in [4.78, 5) is 11.0. The van der Waals surface area contributed by atoms with E-state index < -0.39 is 5.97 Å². The molecule has 104 valence electrons. The van der Waals surface area contributed by atoms with Crippen molar-refractivity contribution in [3.05, 3.63) is 76.9 Å². The van der Waals surface area contributed by atoms with Crippen molar-refractivity contribution in [2.45, 2.75) is 20.8 Å². The molecule has 0 radical (unpaired) electrons. The number of carboxylic acids is 1. The molecular weight excluding hydrogens is 248 g/mol. The Hall–Kier alpha value is -2.35. The first kappa shape index (κ1) is 15.7. The number of hydrogen-bond acceptors (Lipinski definition) is 1. The molecule has 2 heteroatoms. The highest BCUT2D eigenvalue weighted by Crippen LogP contribution is 2.19. The molecule has 0 amide bonds. The average Bonchev–Trinajstić information content (AvgIpc) is 2.41. The van der Waals surface area contributed by atoms with Crippen molar-refractivity contribution in [1.29, 1.82) is 0 Å². The molecule has 2 nitrogen and oxygen atoms in total. The van der Waals surface area contributed by atoms with Gasteiger partial charge in [0.15, 0.2) is 0 Å². The number of hydrogen-bond donors (Lipinski definition) is 1. The second kappa shape index (κ2) is 7.29. The molecule has 0 aliphatic rings. The Morgan fingerprint density at radius 3 is 2.60 bits per heavy atom. The zero-order chi connectivity index (χ0) is 15.1. The molecule has 1 aromatic carbocycles. The van der Waals surface area contributed by atoms with Gasteiger partial charge in [0.25, 0.3) is 0 Å². The second-order valence-corrected chi connectivity index (χ2v) is 4.54. The first-order chi connectivity index (χ1) is 9.49. The molecule has 0 aliphatic heterocycles. The van der Waals surface area contributed by atoms with Crippen LogP contribution in [0.3, 0.4) is 0 Å². The highest BCUT2D eigenvalue weighted by Gasteiger charge is 2.05. The third-order valence-electron chi connectivity index (χ3n) is 3.08. The summed E-state index contributed by atoms with van der Waals surface area (Å²) in [6.07, 6.45) is 9.61. The monoisotopic (exact) mass is 268 g/mol. The molecule has 0 saturated heterocycles. The first-order valence-corrected chi connectivity index (χ1v) is 6.47. The van der Waals surface area contributed by atoms with Gasteiger partial charge in [0.1, 0.15) is 0 Å². The minimum absolute atomic E-state index is 0.304. The van der Waals surface area contributed by atoms with Crippen molar-refractivity contribution in [2.24, 2.45) is 0 Å². The van der Waals surface area contributed by atoms with Gasteiger partial charge in [0.2, 0.25) is 0 Å². The fourth-order valence-corrected chi connectivity index (χ4v) is 1.87. The van der Waals surface area contributed by atoms with Gasteiger partial charge in [-0.15, -0.1) is 0 Å². The summed E-state index contributed by atoms with van der Waals surface area (Å²) in [5.41, 5.74) is 4.45. The molecule has 20 heavy (non-hydrogen) atoms. The molecule has 1 N–H and O–H groups in total. The van der Waals surface area contributed by atoms with E-state index in [2.05, 4.69) is 6.58 Å². The Balaban J connectivity index is 3.21. The summed E-state index contributed by atoms with van der Waals surface area (Å²) < 4.78 is 0. The molecule has 0 atom stereocenters. The number of benzene rings is 1.